The standard InChI is InChI=1S/C23H27NO2/c1-16-12-18(8-11-22(16)26-2)23(25)19-13-20-9-10-21(14-19)24(20)15-17-6-4-3-5-7-17/h3-8,11-12,19-21H,9-10,13-15H2,1-2H3. The van der Waals surface area contributed by atoms with Crippen molar-refractivity contribution in [3.05, 3.63) is 65.2 Å². The highest BCUT2D eigenvalue weighted by Gasteiger charge is 2.42. The molecule has 2 saturated heterocycles. The van der Waals surface area contributed by atoms with Crippen LogP contribution < -0.4 is 4.74 Å². The molecule has 2 aliphatic rings. The molecule has 0 amide bonds. The summed E-state index contributed by atoms with van der Waals surface area (Å²) in [5.74, 6) is 1.32. The minimum Gasteiger partial charge on any atom is -0.496 e. The maximum atomic E-state index is 13.1. The van der Waals surface area contributed by atoms with Gasteiger partial charge in [0.1, 0.15) is 5.75 Å². The third kappa shape index (κ3) is 3.28. The van der Waals surface area contributed by atoms with Crippen molar-refractivity contribution in [2.24, 2.45) is 5.92 Å². The van der Waals surface area contributed by atoms with E-state index in [0.29, 0.717) is 17.9 Å². The van der Waals surface area contributed by atoms with Crippen molar-refractivity contribution in [1.82, 2.24) is 4.90 Å². The number of benzene rings is 2. The summed E-state index contributed by atoms with van der Waals surface area (Å²) in [4.78, 5) is 15.7. The zero-order valence-electron chi connectivity index (χ0n) is 15.7. The number of ketones is 1. The molecule has 2 heterocycles. The molecule has 2 aliphatic heterocycles. The van der Waals surface area contributed by atoms with Crippen LogP contribution in [0.5, 0.6) is 5.75 Å². The Hall–Kier alpha value is -2.13. The van der Waals surface area contributed by atoms with Crippen LogP contribution in [0.2, 0.25) is 0 Å². The molecule has 2 bridgehead atoms. The van der Waals surface area contributed by atoms with Crippen LogP contribution in [0.4, 0.5) is 0 Å². The van der Waals surface area contributed by atoms with Crippen LogP contribution in [0.25, 0.3) is 0 Å². The van der Waals surface area contributed by atoms with Gasteiger partial charge < -0.3 is 4.74 Å². The van der Waals surface area contributed by atoms with Crippen molar-refractivity contribution < 1.29 is 9.53 Å². The maximum Gasteiger partial charge on any atom is 0.166 e. The van der Waals surface area contributed by atoms with Crippen molar-refractivity contribution in [2.75, 3.05) is 7.11 Å². The number of methoxy groups -OCH3 is 1. The normalized spacial score (nSPS) is 25.2. The van der Waals surface area contributed by atoms with Gasteiger partial charge in [-0.2, -0.15) is 0 Å². The third-order valence-electron chi connectivity index (χ3n) is 6.14. The first kappa shape index (κ1) is 17.3. The Morgan fingerprint density at radius 1 is 1.08 bits per heavy atom. The van der Waals surface area contributed by atoms with E-state index in [4.69, 9.17) is 4.74 Å². The summed E-state index contributed by atoms with van der Waals surface area (Å²) in [5, 5.41) is 0. The molecule has 0 radical (unpaired) electrons. The van der Waals surface area contributed by atoms with E-state index in [1.807, 2.05) is 25.1 Å². The van der Waals surface area contributed by atoms with Gasteiger partial charge in [-0.25, -0.2) is 0 Å². The van der Waals surface area contributed by atoms with Gasteiger partial charge in [0, 0.05) is 30.1 Å². The molecule has 136 valence electrons. The summed E-state index contributed by atoms with van der Waals surface area (Å²) < 4.78 is 5.32. The molecule has 0 aliphatic carbocycles. The Morgan fingerprint density at radius 2 is 1.77 bits per heavy atom. The molecule has 0 saturated carbocycles. The second kappa shape index (κ2) is 7.24. The van der Waals surface area contributed by atoms with Gasteiger partial charge in [-0.1, -0.05) is 30.3 Å². The summed E-state index contributed by atoms with van der Waals surface area (Å²) in [5.41, 5.74) is 3.24. The molecule has 3 heteroatoms. The number of aryl methyl sites for hydroxylation is 1. The van der Waals surface area contributed by atoms with E-state index in [1.54, 1.807) is 7.11 Å². The van der Waals surface area contributed by atoms with Crippen molar-refractivity contribution in [3.8, 4) is 5.75 Å². The molecule has 4 rings (SSSR count). The summed E-state index contributed by atoms with van der Waals surface area (Å²) in [6, 6.07) is 17.6. The van der Waals surface area contributed by atoms with Crippen molar-refractivity contribution in [3.63, 3.8) is 0 Å². The van der Waals surface area contributed by atoms with Crippen LogP contribution in [0.1, 0.15) is 47.2 Å². The molecule has 2 unspecified atom stereocenters. The molecule has 26 heavy (non-hydrogen) atoms. The number of hydrogen-bond donors (Lipinski definition) is 0. The second-order valence-corrected chi connectivity index (χ2v) is 7.76. The highest BCUT2D eigenvalue weighted by atomic mass is 16.5. The first-order valence-corrected chi connectivity index (χ1v) is 9.64. The van der Waals surface area contributed by atoms with E-state index in [1.165, 1.54) is 18.4 Å². The lowest BCUT2D eigenvalue weighted by Gasteiger charge is -2.38. The number of ether oxygens (including phenoxy) is 1. The maximum absolute atomic E-state index is 13.1. The van der Waals surface area contributed by atoms with E-state index >= 15 is 0 Å². The molecular weight excluding hydrogens is 322 g/mol. The molecule has 2 aromatic rings. The highest BCUT2D eigenvalue weighted by Crippen LogP contribution is 2.40. The van der Waals surface area contributed by atoms with Crippen molar-refractivity contribution in [2.45, 2.75) is 51.2 Å². The number of carbonyl (C=O) groups is 1. The lowest BCUT2D eigenvalue weighted by molar-refractivity contribution is 0.0678. The van der Waals surface area contributed by atoms with Crippen molar-refractivity contribution in [1.29, 1.82) is 0 Å². The number of Topliss-reactive ketones (excluding diaryl/α,β-unsaturated/α-hetero) is 1. The van der Waals surface area contributed by atoms with Crippen LogP contribution in [0, 0.1) is 12.8 Å². The summed E-state index contributed by atoms with van der Waals surface area (Å²) in [6.45, 7) is 3.01. The average molecular weight is 349 g/mol. The zero-order valence-corrected chi connectivity index (χ0v) is 15.7. The lowest BCUT2D eigenvalue weighted by atomic mass is 9.84. The number of hydrogen-bond acceptors (Lipinski definition) is 3. The second-order valence-electron chi connectivity index (χ2n) is 7.76. The van der Waals surface area contributed by atoms with Crippen LogP contribution in [0.3, 0.4) is 0 Å². The molecule has 3 nitrogen and oxygen atoms in total. The van der Waals surface area contributed by atoms with Gasteiger partial charge in [0.15, 0.2) is 5.78 Å². The Bertz CT molecular complexity index is 772. The summed E-state index contributed by atoms with van der Waals surface area (Å²) in [7, 11) is 1.67. The number of rotatable bonds is 5. The minimum absolute atomic E-state index is 0.160. The topological polar surface area (TPSA) is 29.5 Å². The molecular formula is C23H27NO2. The SMILES string of the molecule is COc1ccc(C(=O)C2CC3CCC(C2)N3Cc2ccccc2)cc1C. The number of fused-ring (bicyclic) bond motifs is 2. The van der Waals surface area contributed by atoms with Crippen molar-refractivity contribution >= 4 is 5.78 Å². The molecule has 0 aromatic heterocycles. The number of piperidine rings is 1. The number of carbonyl (C=O) groups excluding carboxylic acids is 1. The monoisotopic (exact) mass is 349 g/mol. The van der Waals surface area contributed by atoms with E-state index in [2.05, 4.69) is 35.2 Å². The Balaban J connectivity index is 1.46. The minimum atomic E-state index is 0.160. The largest absolute Gasteiger partial charge is 0.496 e. The highest BCUT2D eigenvalue weighted by molar-refractivity contribution is 5.98. The third-order valence-corrected chi connectivity index (χ3v) is 6.14. The Labute approximate surface area is 156 Å². The molecule has 0 spiro atoms. The van der Waals surface area contributed by atoms with Gasteiger partial charge in [-0.05, 0) is 61.9 Å². The van der Waals surface area contributed by atoms with Gasteiger partial charge in [0.05, 0.1) is 7.11 Å². The predicted molar refractivity (Wildman–Crippen MR) is 104 cm³/mol. The number of nitrogens with zero attached hydrogens (tertiary/aromatic N) is 1. The summed E-state index contributed by atoms with van der Waals surface area (Å²) in [6.07, 6.45) is 4.44. The fraction of sp³-hybridized carbons (Fsp3) is 0.435. The van der Waals surface area contributed by atoms with E-state index < -0.39 is 0 Å². The smallest absolute Gasteiger partial charge is 0.166 e. The van der Waals surface area contributed by atoms with E-state index in [0.717, 1.165) is 36.3 Å². The first-order valence-electron chi connectivity index (χ1n) is 9.64. The fourth-order valence-electron chi connectivity index (χ4n) is 4.81. The van der Waals surface area contributed by atoms with E-state index in [-0.39, 0.29) is 5.92 Å². The van der Waals surface area contributed by atoms with Gasteiger partial charge in [0.2, 0.25) is 0 Å². The zero-order chi connectivity index (χ0) is 18.1. The first-order chi connectivity index (χ1) is 12.7. The summed E-state index contributed by atoms with van der Waals surface area (Å²) >= 11 is 0. The van der Waals surface area contributed by atoms with Gasteiger partial charge in [-0.3, -0.25) is 9.69 Å². The Morgan fingerprint density at radius 3 is 2.38 bits per heavy atom. The van der Waals surface area contributed by atoms with Crippen LogP contribution in [0.15, 0.2) is 48.5 Å². The molecule has 2 aromatic carbocycles. The van der Waals surface area contributed by atoms with Gasteiger partial charge in [-0.15, -0.1) is 0 Å². The van der Waals surface area contributed by atoms with Crippen LogP contribution in [-0.2, 0) is 6.54 Å². The average Bonchev–Trinajstić information content (AvgIpc) is 2.90. The Kier molecular flexibility index (Phi) is 4.82. The lowest BCUT2D eigenvalue weighted by Crippen LogP contribution is -2.44. The molecule has 2 atom stereocenters. The molecule has 2 fully saturated rings. The van der Waals surface area contributed by atoms with E-state index in [9.17, 15) is 4.79 Å². The molecule has 0 N–H and O–H groups in total. The van der Waals surface area contributed by atoms with Gasteiger partial charge in [0.25, 0.3) is 0 Å². The van der Waals surface area contributed by atoms with Crippen LogP contribution in [-0.4, -0.2) is 29.9 Å². The fourth-order valence-corrected chi connectivity index (χ4v) is 4.81. The van der Waals surface area contributed by atoms with Gasteiger partial charge >= 0.3 is 0 Å². The van der Waals surface area contributed by atoms with Crippen LogP contribution >= 0.6 is 0 Å². The predicted octanol–water partition coefficient (Wildman–Crippen LogP) is 4.63. The quantitative estimate of drug-likeness (QED) is 0.737.